The van der Waals surface area contributed by atoms with Gasteiger partial charge in [0, 0.05) is 37.8 Å². The number of hydrogen-bond donors (Lipinski definition) is 12. The van der Waals surface area contributed by atoms with Gasteiger partial charge in [-0.1, -0.05) is 13.8 Å². The van der Waals surface area contributed by atoms with Crippen LogP contribution in [0.15, 0.2) is 12.5 Å². The van der Waals surface area contributed by atoms with E-state index in [4.69, 9.17) is 11.5 Å². The lowest BCUT2D eigenvalue weighted by Crippen LogP contribution is -2.61. The van der Waals surface area contributed by atoms with Gasteiger partial charge in [-0.05, 0) is 44.4 Å². The number of likely N-dealkylation sites (tertiary alicyclic amines) is 2. The molecule has 334 valence electrons. The molecule has 0 aliphatic carbocycles. The maximum absolute atomic E-state index is 14.2. The van der Waals surface area contributed by atoms with Gasteiger partial charge in [-0.25, -0.2) is 9.78 Å². The van der Waals surface area contributed by atoms with Crippen LogP contribution < -0.4 is 38.1 Å². The summed E-state index contributed by atoms with van der Waals surface area (Å²) in [7, 11) is 0. The van der Waals surface area contributed by atoms with Gasteiger partial charge in [0.15, 0.2) is 0 Å². The summed E-state index contributed by atoms with van der Waals surface area (Å²) < 4.78 is 0. The minimum Gasteiger partial charge on any atom is -0.480 e. The molecule has 2 aliphatic rings. The zero-order chi connectivity index (χ0) is 44.7. The Hall–Kier alpha value is -5.72. The summed E-state index contributed by atoms with van der Waals surface area (Å²) in [5, 5.41) is 50.6. The van der Waals surface area contributed by atoms with Crippen molar-refractivity contribution in [2.75, 3.05) is 32.9 Å². The van der Waals surface area contributed by atoms with Crippen molar-refractivity contribution in [3.63, 3.8) is 0 Å². The number of aliphatic carboxylic acids is 1. The third kappa shape index (κ3) is 13.7. The Kier molecular flexibility index (Phi) is 18.8. The first-order chi connectivity index (χ1) is 28.4. The molecule has 0 spiro atoms. The van der Waals surface area contributed by atoms with E-state index in [1.165, 1.54) is 22.3 Å². The van der Waals surface area contributed by atoms with Crippen LogP contribution >= 0.6 is 0 Å². The van der Waals surface area contributed by atoms with E-state index in [-0.39, 0.29) is 57.5 Å². The zero-order valence-corrected chi connectivity index (χ0v) is 33.5. The second kappa shape index (κ2) is 23.2. The summed E-state index contributed by atoms with van der Waals surface area (Å²) in [6, 6.07) is -11.0. The quantitative estimate of drug-likeness (QED) is 0.0488. The van der Waals surface area contributed by atoms with Crippen molar-refractivity contribution in [2.45, 2.75) is 114 Å². The average molecular weight is 852 g/mol. The van der Waals surface area contributed by atoms with Crippen molar-refractivity contribution in [3.05, 3.63) is 18.2 Å². The van der Waals surface area contributed by atoms with Crippen LogP contribution in [0.4, 0.5) is 0 Å². The van der Waals surface area contributed by atoms with Crippen LogP contribution in [0.25, 0.3) is 0 Å². The number of carboxylic acid groups (broad SMARTS) is 1. The number of carboxylic acids is 1. The normalized spacial score (nSPS) is 19.3. The van der Waals surface area contributed by atoms with E-state index in [1.807, 2.05) is 13.8 Å². The van der Waals surface area contributed by atoms with E-state index >= 15 is 0 Å². The van der Waals surface area contributed by atoms with Crippen LogP contribution in [0.5, 0.6) is 0 Å². The summed E-state index contributed by atoms with van der Waals surface area (Å²) in [5.41, 5.74) is 11.0. The molecule has 0 saturated carbocycles. The van der Waals surface area contributed by atoms with Crippen molar-refractivity contribution < 1.29 is 63.6 Å². The van der Waals surface area contributed by atoms with Crippen LogP contribution in [-0.2, 0) is 49.6 Å². The molecule has 2 saturated heterocycles. The number of H-pyrrole nitrogens is 1. The number of carbonyl (C=O) groups excluding carboxylic acids is 8. The number of aliphatic hydroxyl groups excluding tert-OH is 3. The fourth-order valence-corrected chi connectivity index (χ4v) is 6.88. The standard InChI is InChI=1S/C36H57N11O13/c1-18(2)11-23(36(59)60)43-33(56)26-5-3-9-46(26)35(58)27-6-4-10-47(27)34(57)22(12-19-13-39-17-40-19)42-31(54)24(15-49)45-32(55)25(16-50)44-30(53)21(7-8-28(38)51)41-29(52)20(37)14-48/h13,17-18,20-27,48-50H,3-12,14-16,37H2,1-2H3,(H2,38,51)(H,39,40)(H,41,52)(H,42,54)(H,43,56)(H,44,53)(H,45,55)(H,59,60)/t20-,21-,22-,23-,24-,25-,26-,27-/m0/s1. The molecular weight excluding hydrogens is 794 g/mol. The molecule has 8 amide bonds. The molecular formula is C36H57N11O13. The predicted octanol–water partition coefficient (Wildman–Crippen LogP) is -5.94. The Morgan fingerprint density at radius 1 is 0.767 bits per heavy atom. The van der Waals surface area contributed by atoms with Gasteiger partial charge >= 0.3 is 5.97 Å². The number of rotatable bonds is 23. The van der Waals surface area contributed by atoms with Gasteiger partial charge in [-0.3, -0.25) is 38.4 Å². The SMILES string of the molecule is CC(C)C[C@H](NC(=O)[C@@H]1CCCN1C(=O)[C@@H]1CCCN1C(=O)[C@H](Cc1cnc[nH]1)NC(=O)[C@H](CO)NC(=O)[C@H](CO)NC(=O)[C@H](CCC(N)=O)NC(=O)[C@@H](N)CO)C(=O)O. The van der Waals surface area contributed by atoms with E-state index in [1.54, 1.807) is 0 Å². The molecule has 0 radical (unpaired) electrons. The van der Waals surface area contributed by atoms with E-state index < -0.39 is 121 Å². The summed E-state index contributed by atoms with van der Waals surface area (Å²) in [6.45, 7) is 1.10. The van der Waals surface area contributed by atoms with Crippen LogP contribution in [-0.4, -0.2) is 175 Å². The third-order valence-electron chi connectivity index (χ3n) is 10.1. The molecule has 0 unspecified atom stereocenters. The summed E-state index contributed by atoms with van der Waals surface area (Å²) in [6.07, 6.45) is 3.38. The van der Waals surface area contributed by atoms with Crippen molar-refractivity contribution >= 4 is 53.2 Å². The molecule has 2 fully saturated rings. The Morgan fingerprint density at radius 3 is 1.83 bits per heavy atom. The van der Waals surface area contributed by atoms with Crippen molar-refractivity contribution in [2.24, 2.45) is 17.4 Å². The monoisotopic (exact) mass is 851 g/mol. The molecule has 2 aliphatic heterocycles. The van der Waals surface area contributed by atoms with Crippen LogP contribution in [0.3, 0.4) is 0 Å². The van der Waals surface area contributed by atoms with Gasteiger partial charge in [-0.2, -0.15) is 0 Å². The Morgan fingerprint density at radius 2 is 1.32 bits per heavy atom. The number of aliphatic hydroxyl groups is 3. The smallest absolute Gasteiger partial charge is 0.326 e. The minimum absolute atomic E-state index is 0.0317. The second-order valence-electron chi connectivity index (χ2n) is 15.1. The topological polar surface area (TPSA) is 382 Å². The number of hydrogen-bond acceptors (Lipinski definition) is 14. The van der Waals surface area contributed by atoms with Gasteiger partial charge < -0.3 is 73.3 Å². The fourth-order valence-electron chi connectivity index (χ4n) is 6.88. The van der Waals surface area contributed by atoms with Crippen molar-refractivity contribution in [1.82, 2.24) is 46.4 Å². The van der Waals surface area contributed by atoms with Crippen LogP contribution in [0, 0.1) is 5.92 Å². The zero-order valence-electron chi connectivity index (χ0n) is 33.5. The van der Waals surface area contributed by atoms with Gasteiger partial charge in [0.25, 0.3) is 0 Å². The van der Waals surface area contributed by atoms with Gasteiger partial charge in [0.1, 0.15) is 48.3 Å². The molecule has 1 aromatic rings. The molecule has 14 N–H and O–H groups in total. The summed E-state index contributed by atoms with van der Waals surface area (Å²) >= 11 is 0. The first-order valence-electron chi connectivity index (χ1n) is 19.6. The lowest BCUT2D eigenvalue weighted by Gasteiger charge is -2.33. The summed E-state index contributed by atoms with van der Waals surface area (Å²) in [5.74, 6) is -8.18. The van der Waals surface area contributed by atoms with Gasteiger partial charge in [0.05, 0.1) is 26.1 Å². The number of imidazole rings is 1. The Balaban J connectivity index is 1.75. The first kappa shape index (κ1) is 48.6. The van der Waals surface area contributed by atoms with E-state index in [0.29, 0.717) is 18.5 Å². The molecule has 24 nitrogen and oxygen atoms in total. The second-order valence-corrected chi connectivity index (χ2v) is 15.1. The molecule has 3 heterocycles. The van der Waals surface area contributed by atoms with E-state index in [2.05, 4.69) is 36.6 Å². The number of nitrogens with one attached hydrogen (secondary N) is 6. The molecule has 24 heteroatoms. The molecule has 8 atom stereocenters. The predicted molar refractivity (Wildman–Crippen MR) is 206 cm³/mol. The fraction of sp³-hybridized carbons (Fsp3) is 0.667. The number of amides is 8. The highest BCUT2D eigenvalue weighted by atomic mass is 16.4. The maximum Gasteiger partial charge on any atom is 0.326 e. The van der Waals surface area contributed by atoms with Crippen molar-refractivity contribution in [1.29, 1.82) is 0 Å². The molecule has 1 aromatic heterocycles. The highest BCUT2D eigenvalue weighted by Gasteiger charge is 2.44. The van der Waals surface area contributed by atoms with Crippen LogP contribution in [0.1, 0.15) is 64.5 Å². The van der Waals surface area contributed by atoms with E-state index in [0.717, 1.165) is 0 Å². The van der Waals surface area contributed by atoms with E-state index in [9.17, 15) is 63.6 Å². The minimum atomic E-state index is -1.76. The molecule has 60 heavy (non-hydrogen) atoms. The van der Waals surface area contributed by atoms with Gasteiger partial charge in [0.2, 0.25) is 47.3 Å². The number of primary amides is 1. The van der Waals surface area contributed by atoms with Crippen LogP contribution in [0.2, 0.25) is 0 Å². The highest BCUT2D eigenvalue weighted by molar-refractivity contribution is 5.98. The number of nitrogens with zero attached hydrogens (tertiary/aromatic N) is 3. The molecule has 0 aromatic carbocycles. The Bertz CT molecular complexity index is 1690. The van der Waals surface area contributed by atoms with Gasteiger partial charge in [-0.15, -0.1) is 0 Å². The number of aromatic amines is 1. The number of aromatic nitrogens is 2. The molecule has 3 rings (SSSR count). The number of carbonyl (C=O) groups is 9. The molecule has 0 bridgehead atoms. The lowest BCUT2D eigenvalue weighted by molar-refractivity contribution is -0.149. The highest BCUT2D eigenvalue weighted by Crippen LogP contribution is 2.26. The van der Waals surface area contributed by atoms with Crippen molar-refractivity contribution in [3.8, 4) is 0 Å². The largest absolute Gasteiger partial charge is 0.480 e. The third-order valence-corrected chi connectivity index (χ3v) is 10.1. The number of nitrogens with two attached hydrogens (primary N) is 2. The summed E-state index contributed by atoms with van der Waals surface area (Å²) in [4.78, 5) is 126. The Labute approximate surface area is 344 Å². The average Bonchev–Trinajstić information content (AvgIpc) is 4.02. The lowest BCUT2D eigenvalue weighted by atomic mass is 10.0. The first-order valence-corrected chi connectivity index (χ1v) is 19.6. The maximum atomic E-state index is 14.2.